The molecule has 0 atom stereocenters. The molecule has 3 fully saturated rings. The Hall–Kier alpha value is -0.155. The molecule has 0 aromatic carbocycles. The third-order valence-corrected chi connectivity index (χ3v) is 5.93. The number of rotatable bonds is 2. The van der Waals surface area contributed by atoms with Gasteiger partial charge in [-0.1, -0.05) is 0 Å². The predicted molar refractivity (Wildman–Crippen MR) is 74.8 cm³/mol. The largest absolute Gasteiger partial charge is 0.458 e. The Balaban J connectivity index is 1.51. The zero-order chi connectivity index (χ0) is 14.8. The summed E-state index contributed by atoms with van der Waals surface area (Å²) in [6.45, 7) is 8.19. The van der Waals surface area contributed by atoms with Crippen molar-refractivity contribution < 1.29 is 18.1 Å². The number of hydrogen-bond acceptors (Lipinski definition) is 2. The lowest BCUT2D eigenvalue weighted by Gasteiger charge is -2.45. The maximum absolute atomic E-state index is 13.3. The molecule has 0 unspecified atom stereocenters. The summed E-state index contributed by atoms with van der Waals surface area (Å²) in [7, 11) is -0.177. The fraction of sp³-hybridized carbons (Fsp3) is 1.00. The molecule has 0 aromatic heterocycles. The maximum atomic E-state index is 13.3. The summed E-state index contributed by atoms with van der Waals surface area (Å²) in [4.78, 5) is 0. The monoisotopic (exact) mass is 286 g/mol. The van der Waals surface area contributed by atoms with Gasteiger partial charge in [-0.05, 0) is 64.6 Å². The first kappa shape index (κ1) is 14.8. The van der Waals surface area contributed by atoms with Crippen LogP contribution in [0.15, 0.2) is 0 Å². The Bertz CT molecular complexity index is 387. The second-order valence-corrected chi connectivity index (χ2v) is 8.23. The minimum absolute atomic E-state index is 0.0716. The van der Waals surface area contributed by atoms with Gasteiger partial charge in [0.15, 0.2) is 0 Å². The second kappa shape index (κ2) is 4.19. The first-order valence-electron chi connectivity index (χ1n) is 7.76. The zero-order valence-corrected chi connectivity index (χ0v) is 13.0. The lowest BCUT2D eigenvalue weighted by Crippen LogP contribution is -2.41. The summed E-state index contributed by atoms with van der Waals surface area (Å²) < 4.78 is 38.7. The third-order valence-electron chi connectivity index (χ3n) is 5.93. The zero-order valence-electron chi connectivity index (χ0n) is 13.0. The Morgan fingerprint density at radius 2 is 1.55 bits per heavy atom. The third kappa shape index (κ3) is 2.41. The van der Waals surface area contributed by atoms with Crippen LogP contribution in [0.3, 0.4) is 0 Å². The SMILES string of the molecule is CC1(C)OB(CC2CC3(CCC(F)(F)C3)C2)OC1(C)C. The molecule has 0 amide bonds. The summed E-state index contributed by atoms with van der Waals surface area (Å²) in [5.41, 5.74) is -0.656. The fourth-order valence-electron chi connectivity index (χ4n) is 4.19. The summed E-state index contributed by atoms with van der Waals surface area (Å²) in [6.07, 6.45) is 3.56. The molecular weight excluding hydrogens is 261 g/mol. The summed E-state index contributed by atoms with van der Waals surface area (Å²) in [5.74, 6) is -1.94. The van der Waals surface area contributed by atoms with E-state index in [4.69, 9.17) is 9.31 Å². The predicted octanol–water partition coefficient (Wildman–Crippen LogP) is 4.29. The lowest BCUT2D eigenvalue weighted by atomic mass is 9.55. The highest BCUT2D eigenvalue weighted by Crippen LogP contribution is 2.61. The Labute approximate surface area is 120 Å². The van der Waals surface area contributed by atoms with Gasteiger partial charge in [0, 0.05) is 12.8 Å². The van der Waals surface area contributed by atoms with Crippen molar-refractivity contribution in [1.29, 1.82) is 0 Å². The highest BCUT2D eigenvalue weighted by atomic mass is 19.3. The highest BCUT2D eigenvalue weighted by molar-refractivity contribution is 6.45. The number of alkyl halides is 2. The van der Waals surface area contributed by atoms with Crippen molar-refractivity contribution in [3.05, 3.63) is 0 Å². The maximum Gasteiger partial charge on any atom is 0.458 e. The standard InChI is InChI=1S/C15H25BF2O2/c1-12(2)13(3,4)20-16(19-12)9-11-7-14(8-11)5-6-15(17,18)10-14/h11H,5-10H2,1-4H3. The van der Waals surface area contributed by atoms with Crippen molar-refractivity contribution in [2.45, 2.75) is 83.2 Å². The van der Waals surface area contributed by atoms with E-state index in [1.165, 1.54) is 0 Å². The Morgan fingerprint density at radius 1 is 1.00 bits per heavy atom. The van der Waals surface area contributed by atoms with Gasteiger partial charge in [0.1, 0.15) is 0 Å². The first-order valence-corrected chi connectivity index (χ1v) is 7.76. The van der Waals surface area contributed by atoms with Crippen LogP contribution < -0.4 is 0 Å². The minimum atomic E-state index is -2.42. The van der Waals surface area contributed by atoms with E-state index in [-0.39, 0.29) is 36.6 Å². The van der Waals surface area contributed by atoms with Gasteiger partial charge in [0.25, 0.3) is 0 Å². The molecule has 1 aliphatic heterocycles. The quantitative estimate of drug-likeness (QED) is 0.705. The fourth-order valence-corrected chi connectivity index (χ4v) is 4.19. The first-order chi connectivity index (χ1) is 9.03. The van der Waals surface area contributed by atoms with E-state index in [1.807, 2.05) is 27.7 Å². The summed E-state index contributed by atoms with van der Waals surface area (Å²) >= 11 is 0. The molecule has 2 nitrogen and oxygen atoms in total. The Kier molecular flexibility index (Phi) is 3.09. The van der Waals surface area contributed by atoms with Crippen LogP contribution in [0, 0.1) is 11.3 Å². The van der Waals surface area contributed by atoms with Crippen LogP contribution in [0.5, 0.6) is 0 Å². The molecular formula is C15H25BF2O2. The van der Waals surface area contributed by atoms with Crippen LogP contribution in [0.1, 0.15) is 59.8 Å². The van der Waals surface area contributed by atoms with E-state index in [9.17, 15) is 8.78 Å². The average Bonchev–Trinajstić information content (AvgIpc) is 2.61. The van der Waals surface area contributed by atoms with E-state index in [2.05, 4.69) is 0 Å². The smallest absolute Gasteiger partial charge is 0.403 e. The van der Waals surface area contributed by atoms with Crippen molar-refractivity contribution in [2.24, 2.45) is 11.3 Å². The van der Waals surface area contributed by atoms with Crippen LogP contribution in [0.2, 0.25) is 6.32 Å². The van der Waals surface area contributed by atoms with Gasteiger partial charge in [0.05, 0.1) is 11.2 Å². The normalized spacial score (nSPS) is 41.1. The minimum Gasteiger partial charge on any atom is -0.403 e. The molecule has 1 heterocycles. The molecule has 0 N–H and O–H groups in total. The summed E-state index contributed by atoms with van der Waals surface area (Å²) in [5, 5.41) is 0. The van der Waals surface area contributed by atoms with Crippen molar-refractivity contribution in [3.8, 4) is 0 Å². The molecule has 3 rings (SSSR count). The molecule has 0 aromatic rings. The lowest BCUT2D eigenvalue weighted by molar-refractivity contribution is -0.0278. The molecule has 2 saturated carbocycles. The molecule has 1 saturated heterocycles. The van der Waals surface area contributed by atoms with Crippen LogP contribution in [0.4, 0.5) is 8.78 Å². The van der Waals surface area contributed by atoms with Gasteiger partial charge < -0.3 is 9.31 Å². The molecule has 2 aliphatic carbocycles. The Morgan fingerprint density at radius 3 is 2.00 bits per heavy atom. The average molecular weight is 286 g/mol. The second-order valence-electron chi connectivity index (χ2n) is 8.23. The topological polar surface area (TPSA) is 18.5 Å². The molecule has 5 heteroatoms. The molecule has 114 valence electrons. The van der Waals surface area contributed by atoms with Gasteiger partial charge >= 0.3 is 7.12 Å². The highest BCUT2D eigenvalue weighted by Gasteiger charge is 2.58. The van der Waals surface area contributed by atoms with E-state index in [1.54, 1.807) is 0 Å². The van der Waals surface area contributed by atoms with Crippen LogP contribution in [0.25, 0.3) is 0 Å². The van der Waals surface area contributed by atoms with Crippen molar-refractivity contribution in [1.82, 2.24) is 0 Å². The van der Waals surface area contributed by atoms with E-state index < -0.39 is 5.92 Å². The molecule has 0 radical (unpaired) electrons. The van der Waals surface area contributed by atoms with Crippen LogP contribution in [-0.2, 0) is 9.31 Å². The van der Waals surface area contributed by atoms with Crippen molar-refractivity contribution in [2.75, 3.05) is 0 Å². The van der Waals surface area contributed by atoms with Crippen molar-refractivity contribution >= 4 is 7.12 Å². The van der Waals surface area contributed by atoms with Crippen molar-refractivity contribution in [3.63, 3.8) is 0 Å². The summed E-state index contributed by atoms with van der Waals surface area (Å²) in [6, 6.07) is 0. The van der Waals surface area contributed by atoms with E-state index in [0.29, 0.717) is 12.3 Å². The van der Waals surface area contributed by atoms with Gasteiger partial charge in [0.2, 0.25) is 5.92 Å². The molecule has 1 spiro atoms. The van der Waals surface area contributed by atoms with Gasteiger partial charge in [-0.2, -0.15) is 0 Å². The molecule has 0 bridgehead atoms. The number of hydrogen-bond donors (Lipinski definition) is 0. The molecule has 20 heavy (non-hydrogen) atoms. The van der Waals surface area contributed by atoms with Crippen LogP contribution >= 0.6 is 0 Å². The van der Waals surface area contributed by atoms with E-state index in [0.717, 1.165) is 19.2 Å². The number of halogens is 2. The van der Waals surface area contributed by atoms with E-state index >= 15 is 0 Å². The van der Waals surface area contributed by atoms with Gasteiger partial charge in [-0.15, -0.1) is 0 Å². The van der Waals surface area contributed by atoms with Gasteiger partial charge in [-0.25, -0.2) is 8.78 Å². The van der Waals surface area contributed by atoms with Gasteiger partial charge in [-0.3, -0.25) is 0 Å². The van der Waals surface area contributed by atoms with Crippen LogP contribution in [-0.4, -0.2) is 24.2 Å². The molecule has 3 aliphatic rings.